The molecule has 0 fully saturated rings. The Morgan fingerprint density at radius 3 is 0.750 bits per heavy atom. The molecule has 0 atom stereocenters. The topological polar surface area (TPSA) is 0 Å². The molecule has 8 heteroatoms. The van der Waals surface area contributed by atoms with Crippen molar-refractivity contribution in [3.63, 3.8) is 0 Å². The van der Waals surface area contributed by atoms with Crippen LogP contribution in [0.2, 0.25) is 0 Å². The Morgan fingerprint density at radius 2 is 0.750 bits per heavy atom. The predicted octanol–water partition coefficient (Wildman–Crippen LogP) is -7.91. The summed E-state index contributed by atoms with van der Waals surface area (Å²) in [5.41, 5.74) is 0. The van der Waals surface area contributed by atoms with Crippen LogP contribution >= 0.6 is 0 Å². The van der Waals surface area contributed by atoms with Crippen LogP contribution in [0.15, 0.2) is 0 Å². The summed E-state index contributed by atoms with van der Waals surface area (Å²) in [6.07, 6.45) is 0. The molecule has 0 aromatic carbocycles. The Hall–Kier alpha value is 4.45. The normalized spacial score (nSPS) is 0. The Labute approximate surface area is 143 Å². The molecule has 4 radical (unpaired) electrons. The molecule has 0 amide bonds. The van der Waals surface area contributed by atoms with Crippen molar-refractivity contribution in [3.05, 3.63) is 0 Å². The zero-order valence-electron chi connectivity index (χ0n) is 2.60. The van der Waals surface area contributed by atoms with Crippen LogP contribution in [0.5, 0.6) is 0 Å². The molecule has 66 valence electrons. The average molecular weight is 717 g/mol. The molecule has 0 N–H and O–H groups in total. The molecule has 0 bridgehead atoms. The maximum absolute atomic E-state index is 0. The van der Waals surface area contributed by atoms with Gasteiger partial charge in [0, 0.05) is 39.4 Å². The quantitative estimate of drug-likeness (QED) is 0.219. The van der Waals surface area contributed by atoms with Crippen LogP contribution in [0.3, 0.4) is 0 Å². The van der Waals surface area contributed by atoms with Gasteiger partial charge in [-0.05, 0) is 21.9 Å². The van der Waals surface area contributed by atoms with E-state index in [1.165, 1.54) is 0 Å². The van der Waals surface area contributed by atoms with E-state index < -0.39 is 0 Å². The van der Waals surface area contributed by atoms with Crippen molar-refractivity contribution >= 4 is 107 Å². The summed E-state index contributed by atoms with van der Waals surface area (Å²) in [4.78, 5) is 0. The maximum atomic E-state index is 0. The molecule has 0 aliphatic heterocycles. The fraction of sp³-hybridized carbons (Fsp3) is 0. The van der Waals surface area contributed by atoms with Gasteiger partial charge in [0.1, 0.15) is 0 Å². The molecule has 0 rings (SSSR count). The van der Waals surface area contributed by atoms with Gasteiger partial charge in [0.2, 0.25) is 0 Å². The number of rotatable bonds is 0. The van der Waals surface area contributed by atoms with Gasteiger partial charge in [-0.25, -0.2) is 0 Å². The first-order valence-corrected chi connectivity index (χ1v) is 0. The molecule has 8 heavy (non-hydrogen) atoms. The molecule has 0 aliphatic rings. The summed E-state index contributed by atoms with van der Waals surface area (Å²) in [6.45, 7) is 0. The van der Waals surface area contributed by atoms with Crippen LogP contribution < -0.4 is 0 Å². The summed E-state index contributed by atoms with van der Waals surface area (Å²) in [7, 11) is 0. The molecule has 0 unspecified atom stereocenters. The standard InChI is InChI=1S/Au.Cu.2GeH4.In.2H3Si.Sn.7H/h;;2*1H4;;2*1H3;;;;;;;;. The average Bonchev–Trinajstić information content (AvgIpc) is 0. The van der Waals surface area contributed by atoms with Gasteiger partial charge in [-0.1, -0.05) is 0 Å². The van der Waals surface area contributed by atoms with Gasteiger partial charge >= 0.3 is 84.9 Å². The van der Waals surface area contributed by atoms with E-state index in [9.17, 15) is 0 Å². The molecule has 0 spiro atoms. The summed E-state index contributed by atoms with van der Waals surface area (Å²) >= 11 is 0. The van der Waals surface area contributed by atoms with Gasteiger partial charge in [-0.3, -0.25) is 0 Å². The molecule has 0 aromatic heterocycles. The first-order chi connectivity index (χ1) is 0. The van der Waals surface area contributed by atoms with Crippen molar-refractivity contribution in [1.82, 2.24) is 0 Å². The second-order valence-corrected chi connectivity index (χ2v) is 0. The second kappa shape index (κ2) is 63.2. The van der Waals surface area contributed by atoms with E-state index >= 15 is 0 Å². The van der Waals surface area contributed by atoms with Crippen LogP contribution in [0.4, 0.5) is 0 Å². The van der Waals surface area contributed by atoms with Gasteiger partial charge in [-0.15, -0.1) is 0 Å². The zero-order chi connectivity index (χ0) is 0. The van der Waals surface area contributed by atoms with E-state index in [1.807, 2.05) is 0 Å². The fourth-order valence-electron chi connectivity index (χ4n) is 0. The van der Waals surface area contributed by atoms with Crippen LogP contribution in [0.1, 0.15) is 0 Å². The zero-order valence-corrected chi connectivity index (χ0v) is 9.71. The summed E-state index contributed by atoms with van der Waals surface area (Å²) in [5.74, 6) is 0. The van der Waals surface area contributed by atoms with E-state index in [1.54, 1.807) is 0 Å². The monoisotopic (exact) mass is 720 g/mol. The predicted molar refractivity (Wildman–Crippen MR) is 63.8 cm³/mol. The van der Waals surface area contributed by atoms with Crippen molar-refractivity contribution in [1.29, 1.82) is 0 Å². The first kappa shape index (κ1) is 82.5. The second-order valence-electron chi connectivity index (χ2n) is 0. The van der Waals surface area contributed by atoms with Crippen molar-refractivity contribution in [3.8, 4) is 0 Å². The molecule has 0 nitrogen and oxygen atoms in total. The third-order valence-electron chi connectivity index (χ3n) is 0. The minimum absolute atomic E-state index is 0. The van der Waals surface area contributed by atoms with Crippen molar-refractivity contribution in [2.24, 2.45) is 0 Å². The van der Waals surface area contributed by atoms with Crippen molar-refractivity contribution in [2.75, 3.05) is 0 Å². The summed E-state index contributed by atoms with van der Waals surface area (Å²) in [5, 5.41) is 0. The van der Waals surface area contributed by atoms with Gasteiger partial charge in [-0.2, -0.15) is 0 Å². The van der Waals surface area contributed by atoms with E-state index in [-0.39, 0.29) is 146 Å². The van der Waals surface area contributed by atoms with Gasteiger partial charge < -0.3 is 0 Å². The van der Waals surface area contributed by atoms with E-state index in [4.69, 9.17) is 0 Å². The Balaban J connectivity index is 0. The van der Waals surface area contributed by atoms with Gasteiger partial charge in [0.15, 0.2) is 0 Å². The van der Waals surface area contributed by atoms with E-state index in [2.05, 4.69) is 0 Å². The molecular formula is H21AuCuGe2InSi2Sn. The molecule has 0 saturated carbocycles. The fourth-order valence-corrected chi connectivity index (χ4v) is 0. The Morgan fingerprint density at radius 1 is 0.750 bits per heavy atom. The third kappa shape index (κ3) is 47.1. The molecular weight excluding hydrogens is 695 g/mol. The van der Waals surface area contributed by atoms with Crippen molar-refractivity contribution < 1.29 is 39.4 Å². The first-order valence-electron chi connectivity index (χ1n) is 0. The van der Waals surface area contributed by atoms with E-state index in [0.29, 0.717) is 0 Å². The van der Waals surface area contributed by atoms with Crippen LogP contribution in [-0.2, 0) is 39.4 Å². The van der Waals surface area contributed by atoms with Crippen molar-refractivity contribution in [2.45, 2.75) is 0 Å². The summed E-state index contributed by atoms with van der Waals surface area (Å²) < 4.78 is 0. The molecule has 0 saturated heterocycles. The van der Waals surface area contributed by atoms with Crippen LogP contribution in [-0.4, -0.2) is 107 Å². The Kier molecular flexibility index (Phi) is 651. The van der Waals surface area contributed by atoms with Gasteiger partial charge in [0.05, 0.1) is 0 Å². The minimum atomic E-state index is 0. The summed E-state index contributed by atoms with van der Waals surface area (Å²) in [6, 6.07) is 0. The Bertz CT molecular complexity index is 20.0. The molecule has 0 aliphatic carbocycles. The number of hydrogen-bond acceptors (Lipinski definition) is 0. The van der Waals surface area contributed by atoms with Crippen LogP contribution in [0.25, 0.3) is 0 Å². The van der Waals surface area contributed by atoms with Crippen LogP contribution in [0, 0.1) is 0 Å². The number of hydrogen-bond donors (Lipinski definition) is 0. The van der Waals surface area contributed by atoms with E-state index in [0.717, 1.165) is 0 Å². The third-order valence-corrected chi connectivity index (χ3v) is 0. The SMILES string of the molecule is [Au].[Cu].[GeH4].[GeH4].[InH3].[SiH3].[SiH3].[SnH4]. The van der Waals surface area contributed by atoms with Gasteiger partial charge in [0.25, 0.3) is 0 Å². The molecule has 0 heterocycles. The molecule has 0 aromatic rings.